The third kappa shape index (κ3) is 6.55. The summed E-state index contributed by atoms with van der Waals surface area (Å²) in [5.74, 6) is 0. The van der Waals surface area contributed by atoms with E-state index in [1.165, 1.54) is 12.1 Å². The zero-order valence-corrected chi connectivity index (χ0v) is 25.2. The Balaban J connectivity index is 1.47. The van der Waals surface area contributed by atoms with Crippen LogP contribution in [0.2, 0.25) is 5.04 Å². The van der Waals surface area contributed by atoms with Crippen LogP contribution in [0.25, 0.3) is 0 Å². The third-order valence-electron chi connectivity index (χ3n) is 7.97. The first-order chi connectivity index (χ1) is 20.1. The van der Waals surface area contributed by atoms with Gasteiger partial charge in [0.05, 0.1) is 31.0 Å². The van der Waals surface area contributed by atoms with Gasteiger partial charge in [0.2, 0.25) is 0 Å². The van der Waals surface area contributed by atoms with Gasteiger partial charge in [0.1, 0.15) is 6.10 Å². The zero-order valence-electron chi connectivity index (χ0n) is 24.2. The van der Waals surface area contributed by atoms with E-state index in [1.807, 2.05) is 66.7 Å². The molecule has 3 atom stereocenters. The number of alkyl halides is 3. The van der Waals surface area contributed by atoms with E-state index in [2.05, 4.69) is 45.0 Å². The Labute approximate surface area is 247 Å². The summed E-state index contributed by atoms with van der Waals surface area (Å²) in [7, 11) is -2.85. The highest BCUT2D eigenvalue weighted by molar-refractivity contribution is 6.99. The number of hydrogen-bond acceptors (Lipinski definition) is 3. The van der Waals surface area contributed by atoms with Crippen molar-refractivity contribution in [2.45, 2.75) is 63.3 Å². The molecule has 1 aliphatic heterocycles. The van der Waals surface area contributed by atoms with Crippen LogP contribution in [0.4, 0.5) is 13.2 Å². The Kier molecular flexibility index (Phi) is 9.04. The molecule has 0 aliphatic carbocycles. The smallest absolute Gasteiger partial charge is 0.405 e. The second kappa shape index (κ2) is 12.6. The summed E-state index contributed by atoms with van der Waals surface area (Å²) in [6, 6.07) is 36.0. The summed E-state index contributed by atoms with van der Waals surface area (Å²) in [5.41, 5.74) is 0.829. The van der Waals surface area contributed by atoms with E-state index in [9.17, 15) is 13.2 Å². The maximum Gasteiger partial charge on any atom is 0.416 e. The van der Waals surface area contributed by atoms with E-state index in [0.29, 0.717) is 18.6 Å². The minimum Gasteiger partial charge on any atom is -0.405 e. The van der Waals surface area contributed by atoms with Gasteiger partial charge < -0.3 is 13.9 Å². The fourth-order valence-electron chi connectivity index (χ4n) is 5.92. The number of benzene rings is 4. The second-order valence-corrected chi connectivity index (χ2v) is 16.1. The van der Waals surface area contributed by atoms with Crippen LogP contribution >= 0.6 is 0 Å². The Hall–Kier alpha value is -3.23. The molecule has 0 spiro atoms. The van der Waals surface area contributed by atoms with Gasteiger partial charge in [0.25, 0.3) is 8.32 Å². The molecule has 7 heteroatoms. The van der Waals surface area contributed by atoms with Crippen LogP contribution in [0.3, 0.4) is 0 Å². The molecular weight excluding hydrogens is 553 g/mol. The van der Waals surface area contributed by atoms with Gasteiger partial charge in [-0.3, -0.25) is 0 Å². The lowest BCUT2D eigenvalue weighted by Gasteiger charge is -2.43. The van der Waals surface area contributed by atoms with Gasteiger partial charge in [-0.15, -0.1) is 0 Å². The van der Waals surface area contributed by atoms with Crippen LogP contribution in [0.5, 0.6) is 0 Å². The fourth-order valence-corrected chi connectivity index (χ4v) is 10.5. The van der Waals surface area contributed by atoms with Gasteiger partial charge >= 0.3 is 6.18 Å². The Morgan fingerprint density at radius 2 is 1.33 bits per heavy atom. The van der Waals surface area contributed by atoms with Gasteiger partial charge in [-0.1, -0.05) is 124 Å². The largest absolute Gasteiger partial charge is 0.416 e. The number of halogens is 3. The molecular formula is C35H37F3O3Si. The number of ether oxygens (including phenoxy) is 2. The van der Waals surface area contributed by atoms with Crippen LogP contribution in [-0.2, 0) is 26.7 Å². The summed E-state index contributed by atoms with van der Waals surface area (Å²) >= 11 is 0. The molecule has 1 saturated heterocycles. The highest BCUT2D eigenvalue weighted by Gasteiger charge is 2.51. The van der Waals surface area contributed by atoms with Crippen molar-refractivity contribution in [1.29, 1.82) is 0 Å². The van der Waals surface area contributed by atoms with Crippen LogP contribution in [-0.4, -0.2) is 27.1 Å². The van der Waals surface area contributed by atoms with E-state index in [4.69, 9.17) is 13.9 Å². The van der Waals surface area contributed by atoms with E-state index in [-0.39, 0.29) is 17.7 Å². The first-order valence-corrected chi connectivity index (χ1v) is 16.2. The monoisotopic (exact) mass is 590 g/mol. The molecule has 1 heterocycles. The first kappa shape index (κ1) is 30.2. The SMILES string of the molecule is CC(C)(C)[Si](OC[C@H]1O[C@@H](c2cccc(C(F)(F)F)c2)C[C@@H]1OCc1ccccc1)(c1ccccc1)c1ccccc1. The predicted molar refractivity (Wildman–Crippen MR) is 162 cm³/mol. The maximum absolute atomic E-state index is 13.5. The molecule has 1 aliphatic rings. The summed E-state index contributed by atoms with van der Waals surface area (Å²) in [6.45, 7) is 7.26. The van der Waals surface area contributed by atoms with Crippen molar-refractivity contribution in [2.24, 2.45) is 0 Å². The second-order valence-electron chi connectivity index (χ2n) is 11.8. The van der Waals surface area contributed by atoms with Crippen LogP contribution in [0, 0.1) is 0 Å². The third-order valence-corrected chi connectivity index (χ3v) is 13.0. The molecule has 0 N–H and O–H groups in total. The highest BCUT2D eigenvalue weighted by atomic mass is 28.4. The number of hydrogen-bond donors (Lipinski definition) is 0. The standard InChI is InChI=1S/C35H37F3O3Si/c1-34(2,3)42(29-18-9-5-10-19-29,30-20-11-6-12-21-30)40-25-33-32(39-24-26-14-7-4-8-15-26)23-31(41-33)27-16-13-17-28(22-27)35(36,37)38/h4-22,31-33H,23-25H2,1-3H3/t31-,32+,33-/m1/s1. The van der Waals surface area contributed by atoms with Crippen molar-refractivity contribution in [3.05, 3.63) is 132 Å². The van der Waals surface area contributed by atoms with Gasteiger partial charge in [-0.05, 0) is 38.7 Å². The Bertz CT molecular complexity index is 1380. The minimum absolute atomic E-state index is 0.227. The summed E-state index contributed by atoms with van der Waals surface area (Å²) in [6.07, 6.45) is -5.36. The molecule has 0 amide bonds. The van der Waals surface area contributed by atoms with Crippen molar-refractivity contribution in [2.75, 3.05) is 6.61 Å². The lowest BCUT2D eigenvalue weighted by molar-refractivity contribution is -0.137. The maximum atomic E-state index is 13.5. The summed E-state index contributed by atoms with van der Waals surface area (Å²) in [4.78, 5) is 0. The van der Waals surface area contributed by atoms with Crippen LogP contribution in [0.15, 0.2) is 115 Å². The molecule has 0 unspecified atom stereocenters. The lowest BCUT2D eigenvalue weighted by Crippen LogP contribution is -2.67. The molecule has 0 radical (unpaired) electrons. The topological polar surface area (TPSA) is 27.7 Å². The molecule has 0 aromatic heterocycles. The molecule has 1 fully saturated rings. The molecule has 0 saturated carbocycles. The first-order valence-electron chi connectivity index (χ1n) is 14.3. The molecule has 5 rings (SSSR count). The van der Waals surface area contributed by atoms with Gasteiger partial charge in [0, 0.05) is 6.42 Å². The minimum atomic E-state index is -4.43. The summed E-state index contributed by atoms with van der Waals surface area (Å²) < 4.78 is 60.6. The van der Waals surface area contributed by atoms with Crippen molar-refractivity contribution >= 4 is 18.7 Å². The average Bonchev–Trinajstić information content (AvgIpc) is 3.40. The summed E-state index contributed by atoms with van der Waals surface area (Å²) in [5, 5.41) is 2.07. The van der Waals surface area contributed by atoms with E-state index in [0.717, 1.165) is 22.0 Å². The van der Waals surface area contributed by atoms with Crippen molar-refractivity contribution < 1.29 is 27.1 Å². The molecule has 3 nitrogen and oxygen atoms in total. The molecule has 0 bridgehead atoms. The Morgan fingerprint density at radius 1 is 0.762 bits per heavy atom. The molecule has 4 aromatic carbocycles. The fraction of sp³-hybridized carbons (Fsp3) is 0.314. The highest BCUT2D eigenvalue weighted by Crippen LogP contribution is 2.40. The average molecular weight is 591 g/mol. The normalized spacial score (nSPS) is 19.6. The van der Waals surface area contributed by atoms with Gasteiger partial charge in [0.15, 0.2) is 0 Å². The van der Waals surface area contributed by atoms with E-state index in [1.54, 1.807) is 6.07 Å². The van der Waals surface area contributed by atoms with Crippen molar-refractivity contribution in [3.63, 3.8) is 0 Å². The predicted octanol–water partition coefficient (Wildman–Crippen LogP) is 7.70. The van der Waals surface area contributed by atoms with Crippen LogP contribution < -0.4 is 10.4 Å². The Morgan fingerprint density at radius 3 is 1.88 bits per heavy atom. The van der Waals surface area contributed by atoms with E-state index >= 15 is 0 Å². The quantitative estimate of drug-likeness (QED) is 0.187. The van der Waals surface area contributed by atoms with Crippen molar-refractivity contribution in [3.8, 4) is 0 Å². The van der Waals surface area contributed by atoms with Gasteiger partial charge in [-0.2, -0.15) is 13.2 Å². The van der Waals surface area contributed by atoms with Gasteiger partial charge in [-0.25, -0.2) is 0 Å². The number of rotatable bonds is 9. The van der Waals surface area contributed by atoms with E-state index < -0.39 is 32.3 Å². The lowest BCUT2D eigenvalue weighted by atomic mass is 10.0. The zero-order chi connectivity index (χ0) is 29.8. The van der Waals surface area contributed by atoms with Crippen molar-refractivity contribution in [1.82, 2.24) is 0 Å². The van der Waals surface area contributed by atoms with Crippen LogP contribution in [0.1, 0.15) is 50.0 Å². The molecule has 42 heavy (non-hydrogen) atoms. The molecule has 220 valence electrons. The molecule has 4 aromatic rings.